The average Bonchev–Trinajstić information content (AvgIpc) is 2.66. The van der Waals surface area contributed by atoms with Crippen molar-refractivity contribution < 1.29 is 31.1 Å². The minimum atomic E-state index is -5.05. The van der Waals surface area contributed by atoms with Crippen molar-refractivity contribution >= 4 is 23.1 Å². The third kappa shape index (κ3) is 4.73. The molecule has 2 heterocycles. The number of fused-ring (bicyclic) bond motifs is 1. The summed E-state index contributed by atoms with van der Waals surface area (Å²) in [6.45, 7) is 0. The first-order valence-corrected chi connectivity index (χ1v) is 7.97. The van der Waals surface area contributed by atoms with Crippen LogP contribution in [0.1, 0.15) is 16.8 Å². The highest BCUT2D eigenvalue weighted by atomic mass is 19.4. The van der Waals surface area contributed by atoms with Crippen molar-refractivity contribution in [2.24, 2.45) is 5.10 Å². The monoisotopic (exact) mass is 414 g/mol. The van der Waals surface area contributed by atoms with Crippen molar-refractivity contribution in [1.82, 2.24) is 9.97 Å². The standard InChI is InChI=1S/C18H12F6N4O/c1-29-11-4-2-10(3-5-11)9-25-28-15-7-6-12-13(17(19,20)21)8-14(18(22,23)24)26-16(12)27-15/h2-9H,1H3,(H,26,27,28). The van der Waals surface area contributed by atoms with E-state index in [9.17, 15) is 26.3 Å². The largest absolute Gasteiger partial charge is 0.497 e. The van der Waals surface area contributed by atoms with E-state index in [2.05, 4.69) is 20.5 Å². The van der Waals surface area contributed by atoms with Crippen LogP contribution in [0.2, 0.25) is 0 Å². The first kappa shape index (κ1) is 20.4. The summed E-state index contributed by atoms with van der Waals surface area (Å²) in [7, 11) is 1.51. The molecule has 11 heteroatoms. The topological polar surface area (TPSA) is 59.4 Å². The van der Waals surface area contributed by atoms with E-state index in [0.717, 1.165) is 12.1 Å². The second-order valence-electron chi connectivity index (χ2n) is 5.76. The van der Waals surface area contributed by atoms with Gasteiger partial charge in [-0.3, -0.25) is 5.43 Å². The summed E-state index contributed by atoms with van der Waals surface area (Å²) >= 11 is 0. The molecule has 3 aromatic rings. The number of nitrogens with zero attached hydrogens (tertiary/aromatic N) is 3. The lowest BCUT2D eigenvalue weighted by Gasteiger charge is -2.14. The molecule has 0 aliphatic carbocycles. The van der Waals surface area contributed by atoms with Crippen LogP contribution in [0, 0.1) is 0 Å². The van der Waals surface area contributed by atoms with Gasteiger partial charge in [0, 0.05) is 5.39 Å². The molecule has 0 unspecified atom stereocenters. The molecule has 0 saturated carbocycles. The van der Waals surface area contributed by atoms with Gasteiger partial charge in [-0.2, -0.15) is 31.4 Å². The number of rotatable bonds is 4. The second-order valence-corrected chi connectivity index (χ2v) is 5.76. The first-order valence-electron chi connectivity index (χ1n) is 7.97. The normalized spacial score (nSPS) is 12.5. The number of ether oxygens (including phenoxy) is 1. The van der Waals surface area contributed by atoms with E-state index in [-0.39, 0.29) is 11.9 Å². The summed E-state index contributed by atoms with van der Waals surface area (Å²) < 4.78 is 83.3. The molecule has 0 aliphatic heterocycles. The van der Waals surface area contributed by atoms with Crippen molar-refractivity contribution in [3.05, 3.63) is 59.3 Å². The molecule has 0 bridgehead atoms. The molecule has 3 rings (SSSR count). The van der Waals surface area contributed by atoms with Crippen molar-refractivity contribution in [3.63, 3.8) is 0 Å². The smallest absolute Gasteiger partial charge is 0.433 e. The Labute approximate surface area is 160 Å². The van der Waals surface area contributed by atoms with Crippen molar-refractivity contribution in [2.75, 3.05) is 12.5 Å². The summed E-state index contributed by atoms with van der Waals surface area (Å²) in [6, 6.07) is 8.91. The minimum Gasteiger partial charge on any atom is -0.497 e. The fraction of sp³-hybridized carbons (Fsp3) is 0.167. The van der Waals surface area contributed by atoms with Gasteiger partial charge in [-0.15, -0.1) is 0 Å². The number of hydrazone groups is 1. The zero-order valence-corrected chi connectivity index (χ0v) is 14.6. The average molecular weight is 414 g/mol. The summed E-state index contributed by atoms with van der Waals surface area (Å²) in [4.78, 5) is 6.95. The van der Waals surface area contributed by atoms with E-state index >= 15 is 0 Å². The lowest BCUT2D eigenvalue weighted by molar-refractivity contribution is -0.144. The summed E-state index contributed by atoms with van der Waals surface area (Å²) in [5.41, 5.74) is -0.705. The highest BCUT2D eigenvalue weighted by molar-refractivity contribution is 5.82. The third-order valence-electron chi connectivity index (χ3n) is 3.78. The Bertz CT molecular complexity index is 1050. The van der Waals surface area contributed by atoms with Gasteiger partial charge >= 0.3 is 12.4 Å². The SMILES string of the molecule is COc1ccc(C=NNc2ccc3c(C(F)(F)F)cc(C(F)(F)F)nc3n2)cc1. The van der Waals surface area contributed by atoms with Gasteiger partial charge in [0.1, 0.15) is 17.3 Å². The van der Waals surface area contributed by atoms with Gasteiger partial charge < -0.3 is 4.74 Å². The number of alkyl halides is 6. The molecule has 0 spiro atoms. The number of hydrogen-bond acceptors (Lipinski definition) is 5. The molecule has 29 heavy (non-hydrogen) atoms. The van der Waals surface area contributed by atoms with E-state index in [1.165, 1.54) is 13.3 Å². The highest BCUT2D eigenvalue weighted by Crippen LogP contribution is 2.38. The maximum Gasteiger partial charge on any atom is 0.433 e. The number of anilines is 1. The fourth-order valence-corrected chi connectivity index (χ4v) is 2.41. The molecule has 5 nitrogen and oxygen atoms in total. The van der Waals surface area contributed by atoms with Crippen LogP contribution in [-0.4, -0.2) is 23.3 Å². The van der Waals surface area contributed by atoms with Crippen molar-refractivity contribution in [3.8, 4) is 5.75 Å². The Morgan fingerprint density at radius 3 is 2.21 bits per heavy atom. The van der Waals surface area contributed by atoms with Gasteiger partial charge in [0.15, 0.2) is 5.65 Å². The number of pyridine rings is 2. The van der Waals surface area contributed by atoms with Gasteiger partial charge in [-0.25, -0.2) is 9.97 Å². The zero-order valence-electron chi connectivity index (χ0n) is 14.6. The fourth-order valence-electron chi connectivity index (χ4n) is 2.41. The van der Waals surface area contributed by atoms with Gasteiger partial charge in [0.25, 0.3) is 0 Å². The number of halogens is 6. The maximum absolute atomic E-state index is 13.2. The van der Waals surface area contributed by atoms with Crippen LogP contribution in [-0.2, 0) is 12.4 Å². The lowest BCUT2D eigenvalue weighted by Crippen LogP contribution is -2.14. The van der Waals surface area contributed by atoms with Crippen LogP contribution >= 0.6 is 0 Å². The van der Waals surface area contributed by atoms with E-state index in [0.29, 0.717) is 11.3 Å². The molecule has 0 amide bonds. The Morgan fingerprint density at radius 1 is 0.931 bits per heavy atom. The van der Waals surface area contributed by atoms with Crippen LogP contribution in [0.5, 0.6) is 5.75 Å². The molecule has 0 saturated heterocycles. The van der Waals surface area contributed by atoms with E-state index in [1.807, 2.05) is 0 Å². The minimum absolute atomic E-state index is 0.0288. The molecule has 0 radical (unpaired) electrons. The molecular formula is C18H12F6N4O. The van der Waals surface area contributed by atoms with Crippen molar-refractivity contribution in [1.29, 1.82) is 0 Å². The molecule has 1 N–H and O–H groups in total. The zero-order chi connectivity index (χ0) is 21.2. The Kier molecular flexibility index (Phi) is 5.31. The van der Waals surface area contributed by atoms with Crippen LogP contribution in [0.3, 0.4) is 0 Å². The van der Waals surface area contributed by atoms with Gasteiger partial charge in [0.2, 0.25) is 0 Å². The predicted molar refractivity (Wildman–Crippen MR) is 93.8 cm³/mol. The maximum atomic E-state index is 13.2. The van der Waals surface area contributed by atoms with E-state index in [1.54, 1.807) is 24.3 Å². The number of nitrogens with one attached hydrogen (secondary N) is 1. The first-order chi connectivity index (χ1) is 13.6. The number of hydrogen-bond donors (Lipinski definition) is 1. The Hall–Kier alpha value is -3.37. The van der Waals surface area contributed by atoms with Gasteiger partial charge in [-0.1, -0.05) is 0 Å². The van der Waals surface area contributed by atoms with Crippen LogP contribution in [0.15, 0.2) is 47.6 Å². The molecule has 0 aliphatic rings. The number of methoxy groups -OCH3 is 1. The van der Waals surface area contributed by atoms with E-state index < -0.39 is 34.6 Å². The highest BCUT2D eigenvalue weighted by Gasteiger charge is 2.39. The third-order valence-corrected chi connectivity index (χ3v) is 3.78. The predicted octanol–water partition coefficient (Wildman–Crippen LogP) is 5.12. The van der Waals surface area contributed by atoms with E-state index in [4.69, 9.17) is 4.74 Å². The number of aromatic nitrogens is 2. The van der Waals surface area contributed by atoms with Crippen LogP contribution < -0.4 is 10.2 Å². The summed E-state index contributed by atoms with van der Waals surface area (Å²) in [5, 5.41) is 3.32. The van der Waals surface area contributed by atoms with Crippen LogP contribution in [0.4, 0.5) is 32.2 Å². The molecule has 0 fully saturated rings. The Morgan fingerprint density at radius 2 is 1.62 bits per heavy atom. The van der Waals surface area contributed by atoms with Gasteiger partial charge in [0.05, 0.1) is 18.9 Å². The molecule has 2 aromatic heterocycles. The summed E-state index contributed by atoms with van der Waals surface area (Å²) in [6.07, 6.45) is -8.65. The molecule has 152 valence electrons. The second kappa shape index (κ2) is 7.57. The lowest BCUT2D eigenvalue weighted by atomic mass is 10.1. The Balaban J connectivity index is 1.92. The van der Waals surface area contributed by atoms with Crippen LogP contribution in [0.25, 0.3) is 11.0 Å². The van der Waals surface area contributed by atoms with Gasteiger partial charge in [-0.05, 0) is 48.0 Å². The molecule has 1 aromatic carbocycles. The molecular weight excluding hydrogens is 402 g/mol. The quantitative estimate of drug-likeness (QED) is 0.366. The van der Waals surface area contributed by atoms with Crippen molar-refractivity contribution in [2.45, 2.75) is 12.4 Å². The number of benzene rings is 1. The molecule has 0 atom stereocenters. The summed E-state index contributed by atoms with van der Waals surface area (Å²) in [5.74, 6) is 0.570.